The highest BCUT2D eigenvalue weighted by molar-refractivity contribution is 7.89. The van der Waals surface area contributed by atoms with Gasteiger partial charge in [-0.25, -0.2) is 8.42 Å². The quantitative estimate of drug-likeness (QED) is 0.545. The lowest BCUT2D eigenvalue weighted by molar-refractivity contribution is 0.0717. The number of nitrogens with zero attached hydrogens (tertiary/aromatic N) is 4. The maximum Gasteiger partial charge on any atom is 0.254 e. The molecule has 0 bridgehead atoms. The molecule has 0 N–H and O–H groups in total. The first-order valence-electron chi connectivity index (χ1n) is 10.4. The highest BCUT2D eigenvalue weighted by atomic mass is 32.2. The number of furan rings is 1. The Morgan fingerprint density at radius 2 is 1.88 bits per heavy atom. The van der Waals surface area contributed by atoms with Crippen LogP contribution in [0, 0.1) is 0 Å². The van der Waals surface area contributed by atoms with E-state index in [-0.39, 0.29) is 17.3 Å². The van der Waals surface area contributed by atoms with Gasteiger partial charge in [0.05, 0.1) is 17.7 Å². The molecule has 0 spiro atoms. The van der Waals surface area contributed by atoms with Crippen molar-refractivity contribution in [2.45, 2.75) is 18.0 Å². The number of amides is 1. The largest absolute Gasteiger partial charge is 0.467 e. The number of carbonyl (C=O) groups excluding carboxylic acids is 1. The topological polar surface area (TPSA) is 87.0 Å². The van der Waals surface area contributed by atoms with E-state index in [9.17, 15) is 13.2 Å². The normalized spacial score (nSPS) is 15.5. The molecular weight excluding hydrogens is 428 g/mol. The molecule has 2 aromatic heterocycles. The fourth-order valence-electron chi connectivity index (χ4n) is 3.65. The minimum Gasteiger partial charge on any atom is -0.467 e. The molecule has 8 nitrogen and oxygen atoms in total. The van der Waals surface area contributed by atoms with Crippen molar-refractivity contribution < 1.29 is 17.6 Å². The number of pyridine rings is 1. The molecular formula is C23H26N4O4S. The van der Waals surface area contributed by atoms with Crippen LogP contribution in [0.1, 0.15) is 21.7 Å². The number of aromatic nitrogens is 1. The molecule has 9 heteroatoms. The van der Waals surface area contributed by atoms with Crippen molar-refractivity contribution in [2.24, 2.45) is 0 Å². The van der Waals surface area contributed by atoms with Gasteiger partial charge in [0.1, 0.15) is 5.76 Å². The van der Waals surface area contributed by atoms with Crippen LogP contribution in [-0.4, -0.2) is 66.6 Å². The fraction of sp³-hybridized carbons (Fsp3) is 0.304. The Bertz CT molecular complexity index is 1140. The molecule has 0 radical (unpaired) electrons. The molecule has 1 aliphatic rings. The molecule has 1 fully saturated rings. The van der Waals surface area contributed by atoms with Gasteiger partial charge in [-0.05, 0) is 49.0 Å². The minimum absolute atomic E-state index is 0.132. The fourth-order valence-corrected chi connectivity index (χ4v) is 5.12. The number of benzene rings is 1. The zero-order chi connectivity index (χ0) is 22.6. The van der Waals surface area contributed by atoms with Crippen molar-refractivity contribution in [3.8, 4) is 0 Å². The van der Waals surface area contributed by atoms with Crippen LogP contribution in [0.25, 0.3) is 0 Å². The van der Waals surface area contributed by atoms with Gasteiger partial charge in [0.2, 0.25) is 10.0 Å². The van der Waals surface area contributed by atoms with E-state index in [0.717, 1.165) is 5.56 Å². The van der Waals surface area contributed by atoms with Crippen molar-refractivity contribution in [3.63, 3.8) is 0 Å². The second-order valence-electron chi connectivity index (χ2n) is 7.84. The van der Waals surface area contributed by atoms with E-state index in [0.29, 0.717) is 44.0 Å². The zero-order valence-electron chi connectivity index (χ0n) is 17.9. The summed E-state index contributed by atoms with van der Waals surface area (Å²) >= 11 is 0. The smallest absolute Gasteiger partial charge is 0.254 e. The van der Waals surface area contributed by atoms with Gasteiger partial charge < -0.3 is 14.2 Å². The summed E-state index contributed by atoms with van der Waals surface area (Å²) in [5, 5.41) is 0. The summed E-state index contributed by atoms with van der Waals surface area (Å²) in [5.41, 5.74) is 1.18. The van der Waals surface area contributed by atoms with Crippen LogP contribution >= 0.6 is 0 Å². The van der Waals surface area contributed by atoms with E-state index >= 15 is 0 Å². The molecule has 3 heterocycles. The summed E-state index contributed by atoms with van der Waals surface area (Å²) in [4.78, 5) is 21.4. The number of rotatable bonds is 7. The van der Waals surface area contributed by atoms with Gasteiger partial charge in [-0.15, -0.1) is 0 Å². The van der Waals surface area contributed by atoms with Crippen LogP contribution in [0.4, 0.5) is 0 Å². The van der Waals surface area contributed by atoms with Crippen LogP contribution in [0.3, 0.4) is 0 Å². The number of hydrogen-bond donors (Lipinski definition) is 0. The van der Waals surface area contributed by atoms with E-state index < -0.39 is 10.0 Å². The van der Waals surface area contributed by atoms with Crippen molar-refractivity contribution in [1.29, 1.82) is 0 Å². The first-order valence-corrected chi connectivity index (χ1v) is 11.9. The van der Waals surface area contributed by atoms with E-state index in [1.807, 2.05) is 19.2 Å². The van der Waals surface area contributed by atoms with Crippen molar-refractivity contribution in [1.82, 2.24) is 19.1 Å². The standard InChI is InChI=1S/C23H26N4O4S/c1-25-10-12-27(13-11-25)32(29,30)22-8-2-6-20(15-22)23(28)26(18-21-7-4-14-31-21)17-19-5-3-9-24-16-19/h2-9,14-16H,10-13,17-18H2,1H3. The van der Waals surface area contributed by atoms with Gasteiger partial charge in [-0.3, -0.25) is 9.78 Å². The third-order valence-corrected chi connectivity index (χ3v) is 7.39. The molecule has 168 valence electrons. The third-order valence-electron chi connectivity index (χ3n) is 5.49. The van der Waals surface area contributed by atoms with Crippen molar-refractivity contribution >= 4 is 15.9 Å². The number of hydrogen-bond acceptors (Lipinski definition) is 6. The predicted octanol–water partition coefficient (Wildman–Crippen LogP) is 2.45. The lowest BCUT2D eigenvalue weighted by Gasteiger charge is -2.31. The Balaban J connectivity index is 1.59. The lowest BCUT2D eigenvalue weighted by atomic mass is 10.1. The van der Waals surface area contributed by atoms with Gasteiger partial charge in [0.15, 0.2) is 0 Å². The first-order chi connectivity index (χ1) is 15.4. The summed E-state index contributed by atoms with van der Waals surface area (Å²) in [6.45, 7) is 2.81. The molecule has 4 rings (SSSR count). The monoisotopic (exact) mass is 454 g/mol. The molecule has 3 aromatic rings. The molecule has 1 aliphatic heterocycles. The number of sulfonamides is 1. The van der Waals surface area contributed by atoms with E-state index in [4.69, 9.17) is 4.42 Å². The Morgan fingerprint density at radius 3 is 2.56 bits per heavy atom. The van der Waals surface area contributed by atoms with E-state index in [2.05, 4.69) is 9.88 Å². The molecule has 32 heavy (non-hydrogen) atoms. The third kappa shape index (κ3) is 5.07. The molecule has 1 amide bonds. The number of piperazine rings is 1. The molecule has 0 atom stereocenters. The van der Waals surface area contributed by atoms with Gasteiger partial charge in [0, 0.05) is 50.7 Å². The molecule has 0 saturated carbocycles. The maximum atomic E-state index is 13.4. The first kappa shape index (κ1) is 22.2. The molecule has 1 saturated heterocycles. The average Bonchev–Trinajstić information content (AvgIpc) is 3.32. The average molecular weight is 455 g/mol. The summed E-state index contributed by atoms with van der Waals surface area (Å²) < 4.78 is 33.2. The second-order valence-corrected chi connectivity index (χ2v) is 9.77. The van der Waals surface area contributed by atoms with Gasteiger partial charge in [0.25, 0.3) is 5.91 Å². The highest BCUT2D eigenvalue weighted by Gasteiger charge is 2.28. The minimum atomic E-state index is -3.67. The van der Waals surface area contributed by atoms with E-state index in [1.54, 1.807) is 53.9 Å². The van der Waals surface area contributed by atoms with Gasteiger partial charge >= 0.3 is 0 Å². The van der Waals surface area contributed by atoms with Gasteiger partial charge in [-0.1, -0.05) is 12.1 Å². The Morgan fingerprint density at radius 1 is 1.06 bits per heavy atom. The highest BCUT2D eigenvalue weighted by Crippen LogP contribution is 2.21. The second kappa shape index (κ2) is 9.64. The Labute approximate surface area is 188 Å². The predicted molar refractivity (Wildman–Crippen MR) is 119 cm³/mol. The zero-order valence-corrected chi connectivity index (χ0v) is 18.7. The molecule has 0 unspecified atom stereocenters. The lowest BCUT2D eigenvalue weighted by Crippen LogP contribution is -2.47. The summed E-state index contributed by atoms with van der Waals surface area (Å²) in [6.07, 6.45) is 4.94. The van der Waals surface area contributed by atoms with Crippen molar-refractivity contribution in [3.05, 3.63) is 84.1 Å². The van der Waals surface area contributed by atoms with Crippen LogP contribution in [-0.2, 0) is 23.1 Å². The number of carbonyl (C=O) groups is 1. The summed E-state index contributed by atoms with van der Waals surface area (Å²) in [5.74, 6) is 0.365. The van der Waals surface area contributed by atoms with Gasteiger partial charge in [-0.2, -0.15) is 4.31 Å². The Kier molecular flexibility index (Phi) is 6.69. The van der Waals surface area contributed by atoms with Crippen LogP contribution in [0.5, 0.6) is 0 Å². The van der Waals surface area contributed by atoms with Crippen molar-refractivity contribution in [2.75, 3.05) is 33.2 Å². The maximum absolute atomic E-state index is 13.4. The van der Waals surface area contributed by atoms with Crippen LogP contribution in [0.2, 0.25) is 0 Å². The van der Waals surface area contributed by atoms with E-state index in [1.165, 1.54) is 10.4 Å². The summed E-state index contributed by atoms with van der Waals surface area (Å²) in [7, 11) is -1.70. The van der Waals surface area contributed by atoms with Crippen LogP contribution < -0.4 is 0 Å². The SMILES string of the molecule is CN1CCN(S(=O)(=O)c2cccc(C(=O)N(Cc3cccnc3)Cc3ccco3)c2)CC1. The number of likely N-dealkylation sites (N-methyl/N-ethyl adjacent to an activating group) is 1. The molecule has 0 aliphatic carbocycles. The molecule has 1 aromatic carbocycles. The van der Waals surface area contributed by atoms with Crippen LogP contribution in [0.15, 0.2) is 76.5 Å². The Hall–Kier alpha value is -3.01. The summed E-state index contributed by atoms with van der Waals surface area (Å²) in [6, 6.07) is 13.5.